The molecule has 0 saturated carbocycles. The van der Waals surface area contributed by atoms with Gasteiger partial charge in [-0.05, 0) is 25.0 Å². The zero-order valence-corrected chi connectivity index (χ0v) is 13.3. The molecule has 0 aliphatic rings. The molecule has 0 heterocycles. The summed E-state index contributed by atoms with van der Waals surface area (Å²) in [5, 5.41) is 0. The average molecular weight is 312 g/mol. The lowest BCUT2D eigenvalue weighted by Gasteiger charge is -2.09. The molecule has 120 valence electrons. The molecule has 0 fully saturated rings. The maximum atomic E-state index is 11.7. The third kappa shape index (κ3) is 5.82. The molecule has 0 atom stereocenters. The Hall–Kier alpha value is -2.82. The molecule has 2 rings (SSSR count). The fourth-order valence-corrected chi connectivity index (χ4v) is 2.28. The van der Waals surface area contributed by atoms with E-state index in [4.69, 9.17) is 4.74 Å². The number of hydrogen-bond acceptors (Lipinski definition) is 3. The molecule has 2 aromatic carbocycles. The summed E-state index contributed by atoms with van der Waals surface area (Å²) in [6.45, 7) is 4.13. The van der Waals surface area contributed by atoms with Crippen LogP contribution in [0.25, 0.3) is 0 Å². The zero-order valence-electron chi connectivity index (χ0n) is 13.3. The summed E-state index contributed by atoms with van der Waals surface area (Å²) in [5.41, 5.74) is 8.57. The summed E-state index contributed by atoms with van der Waals surface area (Å²) >= 11 is 0. The second-order valence-corrected chi connectivity index (χ2v) is 5.41. The SMILES string of the molecule is Cc1cc(C)cc(COC(=O)NNC(=O)Cc2ccccc2)c1. The number of hydrogen-bond donors (Lipinski definition) is 2. The quantitative estimate of drug-likeness (QED) is 0.853. The van der Waals surface area contributed by atoms with Crippen LogP contribution in [-0.4, -0.2) is 12.0 Å². The largest absolute Gasteiger partial charge is 0.443 e. The van der Waals surface area contributed by atoms with Crippen molar-refractivity contribution in [3.8, 4) is 0 Å². The molecular weight excluding hydrogens is 292 g/mol. The van der Waals surface area contributed by atoms with Crippen molar-refractivity contribution in [2.45, 2.75) is 26.9 Å². The van der Waals surface area contributed by atoms with E-state index in [0.29, 0.717) is 0 Å². The number of hydrazine groups is 1. The summed E-state index contributed by atoms with van der Waals surface area (Å²) < 4.78 is 5.07. The number of amides is 2. The van der Waals surface area contributed by atoms with Gasteiger partial charge in [0.05, 0.1) is 6.42 Å². The van der Waals surface area contributed by atoms with Gasteiger partial charge in [0.25, 0.3) is 0 Å². The first-order valence-electron chi connectivity index (χ1n) is 7.35. The maximum absolute atomic E-state index is 11.7. The fraction of sp³-hybridized carbons (Fsp3) is 0.222. The number of rotatable bonds is 4. The summed E-state index contributed by atoms with van der Waals surface area (Å²) in [4.78, 5) is 23.3. The highest BCUT2D eigenvalue weighted by molar-refractivity contribution is 5.80. The molecule has 2 aromatic rings. The van der Waals surface area contributed by atoms with Gasteiger partial charge in [-0.2, -0.15) is 0 Å². The van der Waals surface area contributed by atoms with Gasteiger partial charge in [-0.25, -0.2) is 10.2 Å². The van der Waals surface area contributed by atoms with Gasteiger partial charge in [-0.15, -0.1) is 0 Å². The Balaban J connectivity index is 1.73. The molecule has 0 aliphatic carbocycles. The second-order valence-electron chi connectivity index (χ2n) is 5.41. The highest BCUT2D eigenvalue weighted by atomic mass is 16.6. The van der Waals surface area contributed by atoms with Crippen LogP contribution >= 0.6 is 0 Å². The lowest BCUT2D eigenvalue weighted by molar-refractivity contribution is -0.121. The zero-order chi connectivity index (χ0) is 16.7. The number of benzene rings is 2. The molecule has 0 radical (unpaired) electrons. The van der Waals surface area contributed by atoms with Crippen molar-refractivity contribution in [2.24, 2.45) is 0 Å². The molecule has 0 aliphatic heterocycles. The summed E-state index contributed by atoms with van der Waals surface area (Å²) in [6.07, 6.45) is -0.497. The van der Waals surface area contributed by atoms with Gasteiger partial charge in [0.2, 0.25) is 5.91 Å². The van der Waals surface area contributed by atoms with E-state index in [1.807, 2.05) is 62.4 Å². The van der Waals surface area contributed by atoms with Crippen LogP contribution in [0.3, 0.4) is 0 Å². The maximum Gasteiger partial charge on any atom is 0.426 e. The molecule has 0 aromatic heterocycles. The van der Waals surface area contributed by atoms with Crippen molar-refractivity contribution in [2.75, 3.05) is 0 Å². The van der Waals surface area contributed by atoms with Crippen molar-refractivity contribution in [3.05, 3.63) is 70.8 Å². The summed E-state index contributed by atoms with van der Waals surface area (Å²) in [7, 11) is 0. The van der Waals surface area contributed by atoms with E-state index in [-0.39, 0.29) is 18.9 Å². The number of ether oxygens (including phenoxy) is 1. The third-order valence-electron chi connectivity index (χ3n) is 3.16. The van der Waals surface area contributed by atoms with Gasteiger partial charge in [0, 0.05) is 0 Å². The smallest absolute Gasteiger partial charge is 0.426 e. The molecule has 2 N–H and O–H groups in total. The fourth-order valence-electron chi connectivity index (χ4n) is 2.28. The lowest BCUT2D eigenvalue weighted by atomic mass is 10.1. The molecule has 5 heteroatoms. The van der Waals surface area contributed by atoms with E-state index >= 15 is 0 Å². The van der Waals surface area contributed by atoms with Gasteiger partial charge in [-0.3, -0.25) is 10.2 Å². The van der Waals surface area contributed by atoms with Crippen molar-refractivity contribution in [1.29, 1.82) is 0 Å². The Labute approximate surface area is 135 Å². The van der Waals surface area contributed by atoms with Crippen LogP contribution in [-0.2, 0) is 22.6 Å². The molecule has 23 heavy (non-hydrogen) atoms. The van der Waals surface area contributed by atoms with E-state index in [2.05, 4.69) is 10.9 Å². The van der Waals surface area contributed by atoms with Gasteiger partial charge in [0.1, 0.15) is 6.61 Å². The first kappa shape index (κ1) is 16.5. The van der Waals surface area contributed by atoms with Crippen molar-refractivity contribution < 1.29 is 14.3 Å². The molecule has 0 bridgehead atoms. The van der Waals surface area contributed by atoms with E-state index in [1.54, 1.807) is 0 Å². The van der Waals surface area contributed by atoms with Crippen LogP contribution in [0.5, 0.6) is 0 Å². The Kier molecular flexibility index (Phi) is 5.74. The van der Waals surface area contributed by atoms with Crippen LogP contribution < -0.4 is 10.9 Å². The first-order chi connectivity index (χ1) is 11.0. The normalized spacial score (nSPS) is 10.0. The van der Waals surface area contributed by atoms with Gasteiger partial charge >= 0.3 is 6.09 Å². The lowest BCUT2D eigenvalue weighted by Crippen LogP contribution is -2.42. The highest BCUT2D eigenvalue weighted by Gasteiger charge is 2.07. The van der Waals surface area contributed by atoms with Crippen LogP contribution in [0.2, 0.25) is 0 Å². The Morgan fingerprint density at radius 2 is 1.57 bits per heavy atom. The van der Waals surface area contributed by atoms with Crippen LogP contribution in [0.1, 0.15) is 22.3 Å². The predicted octanol–water partition coefficient (Wildman–Crippen LogP) is 2.80. The van der Waals surface area contributed by atoms with E-state index in [9.17, 15) is 9.59 Å². The first-order valence-corrected chi connectivity index (χ1v) is 7.35. The standard InChI is InChI=1S/C18H20N2O3/c1-13-8-14(2)10-16(9-13)12-23-18(22)20-19-17(21)11-15-6-4-3-5-7-15/h3-10H,11-12H2,1-2H3,(H,19,21)(H,20,22). The summed E-state index contributed by atoms with van der Waals surface area (Å²) in [6, 6.07) is 15.2. The van der Waals surface area contributed by atoms with Crippen molar-refractivity contribution in [1.82, 2.24) is 10.9 Å². The Bertz CT molecular complexity index is 664. The van der Waals surface area contributed by atoms with Crippen LogP contribution in [0.15, 0.2) is 48.5 Å². The molecule has 0 saturated heterocycles. The van der Waals surface area contributed by atoms with Crippen molar-refractivity contribution in [3.63, 3.8) is 0 Å². The van der Waals surface area contributed by atoms with E-state index in [1.165, 1.54) is 0 Å². The number of aryl methyl sites for hydroxylation is 2. The number of nitrogens with one attached hydrogen (secondary N) is 2. The monoisotopic (exact) mass is 312 g/mol. The van der Waals surface area contributed by atoms with Crippen LogP contribution in [0.4, 0.5) is 4.79 Å². The minimum absolute atomic E-state index is 0.156. The minimum Gasteiger partial charge on any atom is -0.443 e. The predicted molar refractivity (Wildman–Crippen MR) is 87.5 cm³/mol. The Morgan fingerprint density at radius 3 is 2.22 bits per heavy atom. The van der Waals surface area contributed by atoms with E-state index < -0.39 is 6.09 Å². The van der Waals surface area contributed by atoms with Crippen LogP contribution in [0, 0.1) is 13.8 Å². The Morgan fingerprint density at radius 1 is 0.913 bits per heavy atom. The van der Waals surface area contributed by atoms with Crippen molar-refractivity contribution >= 4 is 12.0 Å². The molecule has 5 nitrogen and oxygen atoms in total. The third-order valence-corrected chi connectivity index (χ3v) is 3.16. The average Bonchev–Trinajstić information content (AvgIpc) is 2.51. The molecule has 0 unspecified atom stereocenters. The molecule has 2 amide bonds. The van der Waals surface area contributed by atoms with E-state index in [0.717, 1.165) is 22.3 Å². The minimum atomic E-state index is -0.689. The van der Waals surface area contributed by atoms with Gasteiger partial charge in [-0.1, -0.05) is 59.7 Å². The molecule has 0 spiro atoms. The molecular formula is C18H20N2O3. The van der Waals surface area contributed by atoms with Gasteiger partial charge < -0.3 is 4.74 Å². The van der Waals surface area contributed by atoms with Gasteiger partial charge in [0.15, 0.2) is 0 Å². The number of carbonyl (C=O) groups excluding carboxylic acids is 2. The summed E-state index contributed by atoms with van der Waals surface area (Å²) in [5.74, 6) is -0.306. The second kappa shape index (κ2) is 7.98. The highest BCUT2D eigenvalue weighted by Crippen LogP contribution is 2.09. The number of carbonyl (C=O) groups is 2. The topological polar surface area (TPSA) is 67.4 Å².